The molecule has 0 bridgehead atoms. The van der Waals surface area contributed by atoms with Crippen molar-refractivity contribution in [3.63, 3.8) is 0 Å². The van der Waals surface area contributed by atoms with Crippen LogP contribution in [0.25, 0.3) is 0 Å². The number of carbonyl (C=O) groups excluding carboxylic acids is 3. The maximum atomic E-state index is 12.0. The van der Waals surface area contributed by atoms with Crippen molar-refractivity contribution in [2.75, 3.05) is 0 Å². The Hall–Kier alpha value is -1.59. The number of cyclic esters (lactones) is 1. The fraction of sp³-hybridized carbons (Fsp3) is 0.786. The normalized spacial score (nSPS) is 35.1. The second-order valence-corrected chi connectivity index (χ2v) is 6.17. The van der Waals surface area contributed by atoms with Crippen LogP contribution in [0.1, 0.15) is 40.0 Å². The van der Waals surface area contributed by atoms with Gasteiger partial charge in [-0.05, 0) is 30.6 Å². The lowest BCUT2D eigenvalue weighted by atomic mass is 9.68. The molecule has 4 unspecified atom stereocenters. The molecule has 1 saturated heterocycles. The summed E-state index contributed by atoms with van der Waals surface area (Å²) in [5.74, 6) is -1.74. The minimum absolute atomic E-state index is 0.0720. The van der Waals surface area contributed by atoms with E-state index in [1.165, 1.54) is 0 Å². The first-order valence-corrected chi connectivity index (χ1v) is 7.11. The second-order valence-electron chi connectivity index (χ2n) is 6.17. The fourth-order valence-electron chi connectivity index (χ4n) is 3.32. The topological polar surface area (TPSA) is 81.7 Å². The molecule has 2 rings (SSSR count). The van der Waals surface area contributed by atoms with E-state index in [2.05, 4.69) is 25.6 Å². The molecule has 0 radical (unpaired) electrons. The van der Waals surface area contributed by atoms with Crippen LogP contribution < -0.4 is 5.48 Å². The second kappa shape index (κ2) is 5.81. The van der Waals surface area contributed by atoms with E-state index in [4.69, 9.17) is 4.74 Å². The maximum absolute atomic E-state index is 12.0. The molecule has 1 heterocycles. The number of esters is 1. The SMILES string of the molecule is CC1CCC(C(C)C)C(C2OC(=O)C(=O)ONC2=O)C1. The van der Waals surface area contributed by atoms with Gasteiger partial charge in [0.25, 0.3) is 5.91 Å². The average Bonchev–Trinajstić information content (AvgIpc) is 2.51. The molecule has 1 N–H and O–H groups in total. The summed E-state index contributed by atoms with van der Waals surface area (Å²) in [7, 11) is 0. The highest BCUT2D eigenvalue weighted by atomic mass is 16.7. The summed E-state index contributed by atoms with van der Waals surface area (Å²) in [6, 6.07) is 0. The van der Waals surface area contributed by atoms with E-state index in [1.807, 2.05) is 5.48 Å². The molecule has 0 spiro atoms. The highest BCUT2D eigenvalue weighted by Gasteiger charge is 2.44. The summed E-state index contributed by atoms with van der Waals surface area (Å²) >= 11 is 0. The standard InChI is InChI=1S/C14H21NO5/c1-7(2)9-5-4-8(3)6-10(9)11-12(16)15-20-14(18)13(17)19-11/h7-11H,4-6H2,1-3H3,(H,15,16). The molecule has 2 aliphatic rings. The van der Waals surface area contributed by atoms with E-state index in [9.17, 15) is 14.4 Å². The van der Waals surface area contributed by atoms with Crippen molar-refractivity contribution in [1.82, 2.24) is 5.48 Å². The maximum Gasteiger partial charge on any atom is 0.441 e. The van der Waals surface area contributed by atoms with Gasteiger partial charge in [0.2, 0.25) is 0 Å². The third-order valence-electron chi connectivity index (χ3n) is 4.37. The van der Waals surface area contributed by atoms with Gasteiger partial charge in [-0.3, -0.25) is 4.79 Å². The van der Waals surface area contributed by atoms with Crippen LogP contribution in [0.3, 0.4) is 0 Å². The zero-order chi connectivity index (χ0) is 14.9. The molecule has 0 aromatic rings. The molecule has 2 fully saturated rings. The Labute approximate surface area is 118 Å². The molecule has 6 nitrogen and oxygen atoms in total. The first-order chi connectivity index (χ1) is 9.40. The summed E-state index contributed by atoms with van der Waals surface area (Å²) in [6.07, 6.45) is 1.98. The summed E-state index contributed by atoms with van der Waals surface area (Å²) < 4.78 is 5.08. The van der Waals surface area contributed by atoms with Gasteiger partial charge in [-0.25, -0.2) is 9.59 Å². The Balaban J connectivity index is 2.22. The van der Waals surface area contributed by atoms with Crippen LogP contribution in [0.2, 0.25) is 0 Å². The van der Waals surface area contributed by atoms with Gasteiger partial charge in [0.05, 0.1) is 0 Å². The molecule has 1 saturated carbocycles. The summed E-state index contributed by atoms with van der Waals surface area (Å²) in [5, 5.41) is 0. The van der Waals surface area contributed by atoms with Crippen LogP contribution in [0.5, 0.6) is 0 Å². The molecule has 1 aliphatic heterocycles. The number of hydroxylamine groups is 1. The molecule has 0 aromatic heterocycles. The minimum atomic E-state index is -1.18. The molecular formula is C14H21NO5. The van der Waals surface area contributed by atoms with E-state index >= 15 is 0 Å². The van der Waals surface area contributed by atoms with Gasteiger partial charge >= 0.3 is 11.9 Å². The van der Waals surface area contributed by atoms with E-state index in [0.29, 0.717) is 17.8 Å². The Kier molecular flexibility index (Phi) is 4.30. The van der Waals surface area contributed by atoms with E-state index < -0.39 is 23.9 Å². The van der Waals surface area contributed by atoms with Crippen molar-refractivity contribution in [3.05, 3.63) is 0 Å². The van der Waals surface area contributed by atoms with Gasteiger partial charge in [0.15, 0.2) is 6.10 Å². The predicted octanol–water partition coefficient (Wildman–Crippen LogP) is 1.19. The predicted molar refractivity (Wildman–Crippen MR) is 68.9 cm³/mol. The Bertz CT molecular complexity index is 420. The number of hydrogen-bond donors (Lipinski definition) is 1. The van der Waals surface area contributed by atoms with Crippen LogP contribution in [-0.2, 0) is 24.0 Å². The smallest absolute Gasteiger partial charge is 0.441 e. The Morgan fingerprint density at radius 1 is 1.15 bits per heavy atom. The number of ether oxygens (including phenoxy) is 1. The molecule has 1 amide bonds. The molecule has 4 atom stereocenters. The Morgan fingerprint density at radius 2 is 1.85 bits per heavy atom. The highest BCUT2D eigenvalue weighted by molar-refractivity contribution is 6.30. The highest BCUT2D eigenvalue weighted by Crippen LogP contribution is 2.40. The van der Waals surface area contributed by atoms with Crippen LogP contribution in [0, 0.1) is 23.7 Å². The zero-order valence-corrected chi connectivity index (χ0v) is 12.0. The fourth-order valence-corrected chi connectivity index (χ4v) is 3.32. The van der Waals surface area contributed by atoms with Crippen molar-refractivity contribution in [2.45, 2.75) is 46.1 Å². The van der Waals surface area contributed by atoms with Gasteiger partial charge in [0.1, 0.15) is 0 Å². The van der Waals surface area contributed by atoms with Gasteiger partial charge in [-0.15, -0.1) is 0 Å². The molecule has 20 heavy (non-hydrogen) atoms. The summed E-state index contributed by atoms with van der Waals surface area (Å²) in [5.41, 5.74) is 2.01. The van der Waals surface area contributed by atoms with E-state index in [-0.39, 0.29) is 5.92 Å². The van der Waals surface area contributed by atoms with E-state index in [0.717, 1.165) is 19.3 Å². The summed E-state index contributed by atoms with van der Waals surface area (Å²) in [6.45, 7) is 6.33. The number of amides is 1. The lowest BCUT2D eigenvalue weighted by Crippen LogP contribution is -2.45. The van der Waals surface area contributed by atoms with Crippen LogP contribution in [0.4, 0.5) is 0 Å². The monoisotopic (exact) mass is 283 g/mol. The Morgan fingerprint density at radius 3 is 2.50 bits per heavy atom. The van der Waals surface area contributed by atoms with Crippen LogP contribution >= 0.6 is 0 Å². The molecule has 6 heteroatoms. The lowest BCUT2D eigenvalue weighted by Gasteiger charge is -2.39. The molecule has 0 aromatic carbocycles. The summed E-state index contributed by atoms with van der Waals surface area (Å²) in [4.78, 5) is 39.0. The number of rotatable bonds is 2. The largest absolute Gasteiger partial charge is 0.443 e. The average molecular weight is 283 g/mol. The van der Waals surface area contributed by atoms with Crippen LogP contribution in [-0.4, -0.2) is 23.9 Å². The first kappa shape index (κ1) is 14.8. The van der Waals surface area contributed by atoms with E-state index in [1.54, 1.807) is 0 Å². The first-order valence-electron chi connectivity index (χ1n) is 7.11. The third kappa shape index (κ3) is 2.94. The van der Waals surface area contributed by atoms with Crippen molar-refractivity contribution in [2.24, 2.45) is 23.7 Å². The number of hydrogen-bond acceptors (Lipinski definition) is 5. The molecule has 112 valence electrons. The van der Waals surface area contributed by atoms with Crippen molar-refractivity contribution >= 4 is 17.8 Å². The zero-order valence-electron chi connectivity index (χ0n) is 12.0. The van der Waals surface area contributed by atoms with Gasteiger partial charge in [0, 0.05) is 5.92 Å². The van der Waals surface area contributed by atoms with Gasteiger partial charge in [-0.2, -0.15) is 5.48 Å². The lowest BCUT2D eigenvalue weighted by molar-refractivity contribution is -0.170. The van der Waals surface area contributed by atoms with Crippen molar-refractivity contribution < 1.29 is 24.0 Å². The quantitative estimate of drug-likeness (QED) is 0.608. The van der Waals surface area contributed by atoms with Crippen molar-refractivity contribution in [1.29, 1.82) is 0 Å². The minimum Gasteiger partial charge on any atom is -0.443 e. The molecule has 1 aliphatic carbocycles. The van der Waals surface area contributed by atoms with Gasteiger partial charge < -0.3 is 9.57 Å². The molecular weight excluding hydrogens is 262 g/mol. The third-order valence-corrected chi connectivity index (χ3v) is 4.37. The van der Waals surface area contributed by atoms with Crippen molar-refractivity contribution in [3.8, 4) is 0 Å². The number of nitrogens with one attached hydrogen (secondary N) is 1. The van der Waals surface area contributed by atoms with Gasteiger partial charge in [-0.1, -0.05) is 27.2 Å². The number of carbonyl (C=O) groups is 3. The van der Waals surface area contributed by atoms with Crippen LogP contribution in [0.15, 0.2) is 0 Å².